The summed E-state index contributed by atoms with van der Waals surface area (Å²) in [6.07, 6.45) is -0.408. The van der Waals surface area contributed by atoms with Gasteiger partial charge < -0.3 is 5.11 Å². The molecule has 0 aliphatic heterocycles. The van der Waals surface area contributed by atoms with Crippen molar-refractivity contribution in [3.05, 3.63) is 22.4 Å². The molecule has 0 aromatic carbocycles. The Bertz CT molecular complexity index is 224. The third-order valence-corrected chi connectivity index (χ3v) is 1.89. The second kappa shape index (κ2) is 3.35. The van der Waals surface area contributed by atoms with Crippen molar-refractivity contribution in [1.82, 2.24) is 0 Å². The van der Waals surface area contributed by atoms with Crippen LogP contribution in [0.25, 0.3) is 0 Å². The molecule has 10 heavy (non-hydrogen) atoms. The van der Waals surface area contributed by atoms with Gasteiger partial charge in [-0.3, -0.25) is 0 Å². The van der Waals surface area contributed by atoms with Gasteiger partial charge in [0.25, 0.3) is 0 Å². The van der Waals surface area contributed by atoms with Crippen molar-refractivity contribution in [2.24, 2.45) is 0 Å². The Hall–Kier alpha value is -0.850. The highest BCUT2D eigenvalue weighted by Crippen LogP contribution is 2.07. The lowest BCUT2D eigenvalue weighted by atomic mass is 10.2. The van der Waals surface area contributed by atoms with Crippen molar-refractivity contribution in [1.29, 1.82) is 5.26 Å². The number of rotatable bonds is 2. The molecule has 1 heterocycles. The van der Waals surface area contributed by atoms with Crippen molar-refractivity contribution >= 4 is 11.3 Å². The van der Waals surface area contributed by atoms with Gasteiger partial charge in [-0.15, -0.1) is 0 Å². The lowest BCUT2D eigenvalue weighted by Crippen LogP contribution is -2.05. The molecule has 0 saturated heterocycles. The topological polar surface area (TPSA) is 44.0 Å². The van der Waals surface area contributed by atoms with Crippen LogP contribution in [-0.4, -0.2) is 11.2 Å². The maximum atomic E-state index is 8.87. The van der Waals surface area contributed by atoms with Gasteiger partial charge in [-0.05, 0) is 22.4 Å². The second-order valence-electron chi connectivity index (χ2n) is 1.98. The van der Waals surface area contributed by atoms with Gasteiger partial charge in [0.15, 0.2) is 0 Å². The molecular formula is C7H7NOS. The Morgan fingerprint density at radius 3 is 3.10 bits per heavy atom. The highest BCUT2D eigenvalue weighted by Gasteiger charge is 2.01. The molecule has 1 N–H and O–H groups in total. The summed E-state index contributed by atoms with van der Waals surface area (Å²) in [7, 11) is 0. The van der Waals surface area contributed by atoms with E-state index in [2.05, 4.69) is 0 Å². The average Bonchev–Trinajstić information content (AvgIpc) is 2.40. The Morgan fingerprint density at radius 2 is 2.60 bits per heavy atom. The molecule has 0 aliphatic carbocycles. The standard InChI is InChI=1S/C7H7NOS/c8-4-7(9)3-6-1-2-10-5-6/h1-2,5,7,9H,3H2. The quantitative estimate of drug-likeness (QED) is 0.648. The Morgan fingerprint density at radius 1 is 1.80 bits per heavy atom. The van der Waals surface area contributed by atoms with Crippen LogP contribution in [0.1, 0.15) is 5.56 Å². The first-order valence-electron chi connectivity index (χ1n) is 2.91. The van der Waals surface area contributed by atoms with Crippen LogP contribution in [0, 0.1) is 11.3 Å². The summed E-state index contributed by atoms with van der Waals surface area (Å²) in [5, 5.41) is 21.0. The maximum Gasteiger partial charge on any atom is 0.144 e. The average molecular weight is 153 g/mol. The molecule has 52 valence electrons. The minimum atomic E-state index is -0.852. The number of nitriles is 1. The van der Waals surface area contributed by atoms with Crippen LogP contribution >= 0.6 is 11.3 Å². The van der Waals surface area contributed by atoms with E-state index in [4.69, 9.17) is 10.4 Å². The van der Waals surface area contributed by atoms with E-state index in [1.54, 1.807) is 17.4 Å². The van der Waals surface area contributed by atoms with Gasteiger partial charge in [-0.25, -0.2) is 0 Å². The van der Waals surface area contributed by atoms with E-state index in [1.807, 2.05) is 16.8 Å². The van der Waals surface area contributed by atoms with E-state index in [1.165, 1.54) is 0 Å². The smallest absolute Gasteiger partial charge is 0.144 e. The van der Waals surface area contributed by atoms with E-state index in [0.717, 1.165) is 5.56 Å². The molecule has 2 nitrogen and oxygen atoms in total. The fourth-order valence-corrected chi connectivity index (χ4v) is 1.36. The minimum Gasteiger partial charge on any atom is -0.378 e. The first kappa shape index (κ1) is 7.26. The lowest BCUT2D eigenvalue weighted by Gasteiger charge is -1.95. The predicted molar refractivity (Wildman–Crippen MR) is 39.6 cm³/mol. The van der Waals surface area contributed by atoms with E-state index < -0.39 is 6.10 Å². The molecule has 1 unspecified atom stereocenters. The number of thiophene rings is 1. The number of hydrogen-bond acceptors (Lipinski definition) is 3. The Balaban J connectivity index is 2.50. The molecule has 1 rings (SSSR count). The molecule has 0 amide bonds. The van der Waals surface area contributed by atoms with E-state index in [9.17, 15) is 0 Å². The lowest BCUT2D eigenvalue weighted by molar-refractivity contribution is 0.231. The summed E-state index contributed by atoms with van der Waals surface area (Å²) in [5.74, 6) is 0. The van der Waals surface area contributed by atoms with Crippen molar-refractivity contribution in [2.75, 3.05) is 0 Å². The molecule has 1 aromatic heterocycles. The van der Waals surface area contributed by atoms with Gasteiger partial charge in [-0.1, -0.05) is 0 Å². The van der Waals surface area contributed by atoms with Crippen molar-refractivity contribution < 1.29 is 5.11 Å². The summed E-state index contributed by atoms with van der Waals surface area (Å²) >= 11 is 1.57. The van der Waals surface area contributed by atoms with Gasteiger partial charge in [0.2, 0.25) is 0 Å². The van der Waals surface area contributed by atoms with Crippen LogP contribution in [0.15, 0.2) is 16.8 Å². The number of aliphatic hydroxyl groups excluding tert-OH is 1. The SMILES string of the molecule is N#CC(O)Cc1ccsc1. The molecule has 0 radical (unpaired) electrons. The second-order valence-corrected chi connectivity index (χ2v) is 2.76. The van der Waals surface area contributed by atoms with E-state index >= 15 is 0 Å². The molecule has 0 saturated carbocycles. The summed E-state index contributed by atoms with van der Waals surface area (Å²) < 4.78 is 0. The monoisotopic (exact) mass is 153 g/mol. The van der Waals surface area contributed by atoms with Gasteiger partial charge in [0.1, 0.15) is 6.10 Å². The maximum absolute atomic E-state index is 8.87. The third-order valence-electron chi connectivity index (χ3n) is 1.16. The van der Waals surface area contributed by atoms with Crippen molar-refractivity contribution in [2.45, 2.75) is 12.5 Å². The fourth-order valence-electron chi connectivity index (χ4n) is 0.678. The largest absolute Gasteiger partial charge is 0.378 e. The zero-order chi connectivity index (χ0) is 7.40. The molecule has 0 bridgehead atoms. The summed E-state index contributed by atoms with van der Waals surface area (Å²) in [6, 6.07) is 3.67. The Kier molecular flexibility index (Phi) is 2.43. The van der Waals surface area contributed by atoms with E-state index in [-0.39, 0.29) is 0 Å². The molecule has 0 aliphatic rings. The van der Waals surface area contributed by atoms with Gasteiger partial charge in [-0.2, -0.15) is 16.6 Å². The third kappa shape index (κ3) is 1.83. The van der Waals surface area contributed by atoms with E-state index in [0.29, 0.717) is 6.42 Å². The van der Waals surface area contributed by atoms with Crippen LogP contribution in [0.3, 0.4) is 0 Å². The predicted octanol–water partition coefficient (Wildman–Crippen LogP) is 1.18. The Labute approximate surface area is 63.4 Å². The normalized spacial score (nSPS) is 12.4. The molecular weight excluding hydrogens is 146 g/mol. The summed E-state index contributed by atoms with van der Waals surface area (Å²) in [6.45, 7) is 0. The van der Waals surface area contributed by atoms with Crippen LogP contribution in [0.5, 0.6) is 0 Å². The van der Waals surface area contributed by atoms with Crippen molar-refractivity contribution in [3.8, 4) is 6.07 Å². The highest BCUT2D eigenvalue weighted by atomic mass is 32.1. The number of hydrogen-bond donors (Lipinski definition) is 1. The molecule has 1 atom stereocenters. The van der Waals surface area contributed by atoms with Gasteiger partial charge >= 0.3 is 0 Å². The minimum absolute atomic E-state index is 0.444. The first-order valence-corrected chi connectivity index (χ1v) is 3.86. The van der Waals surface area contributed by atoms with Crippen LogP contribution in [-0.2, 0) is 6.42 Å². The highest BCUT2D eigenvalue weighted by molar-refractivity contribution is 7.07. The fraction of sp³-hybridized carbons (Fsp3) is 0.286. The van der Waals surface area contributed by atoms with Crippen LogP contribution in [0.4, 0.5) is 0 Å². The number of aliphatic hydroxyl groups is 1. The molecule has 3 heteroatoms. The zero-order valence-corrected chi connectivity index (χ0v) is 6.14. The van der Waals surface area contributed by atoms with Crippen LogP contribution < -0.4 is 0 Å². The molecule has 1 aromatic rings. The van der Waals surface area contributed by atoms with Gasteiger partial charge in [0.05, 0.1) is 6.07 Å². The molecule has 0 spiro atoms. The molecule has 0 fully saturated rings. The summed E-state index contributed by atoms with van der Waals surface area (Å²) in [4.78, 5) is 0. The summed E-state index contributed by atoms with van der Waals surface area (Å²) in [5.41, 5.74) is 1.03. The first-order chi connectivity index (χ1) is 4.83. The number of nitrogens with zero attached hydrogens (tertiary/aromatic N) is 1. The van der Waals surface area contributed by atoms with Gasteiger partial charge in [0, 0.05) is 6.42 Å². The zero-order valence-electron chi connectivity index (χ0n) is 5.32. The van der Waals surface area contributed by atoms with Crippen LogP contribution in [0.2, 0.25) is 0 Å². The van der Waals surface area contributed by atoms with Crippen molar-refractivity contribution in [3.63, 3.8) is 0 Å².